The van der Waals surface area contributed by atoms with Crippen molar-refractivity contribution in [3.05, 3.63) is 45.4 Å². The molecule has 0 spiro atoms. The quantitative estimate of drug-likeness (QED) is 0.648. The Morgan fingerprint density at radius 1 is 1.41 bits per heavy atom. The Kier molecular flexibility index (Phi) is 5.29. The van der Waals surface area contributed by atoms with Crippen LogP contribution in [0.2, 0.25) is 0 Å². The van der Waals surface area contributed by atoms with Crippen molar-refractivity contribution in [3.63, 3.8) is 0 Å². The van der Waals surface area contributed by atoms with E-state index in [0.717, 1.165) is 18.9 Å². The van der Waals surface area contributed by atoms with Gasteiger partial charge in [-0.1, -0.05) is 0 Å². The van der Waals surface area contributed by atoms with Crippen LogP contribution in [0.15, 0.2) is 28.6 Å². The maximum absolute atomic E-state index is 14.9. The van der Waals surface area contributed by atoms with Crippen LogP contribution in [-0.2, 0) is 4.74 Å². The highest BCUT2D eigenvalue weighted by atomic mass is 32.1. The number of ether oxygens (including phenoxy) is 1. The molecular formula is C19H20FN5O3S. The van der Waals surface area contributed by atoms with Crippen LogP contribution < -0.4 is 16.1 Å². The molecule has 0 atom stereocenters. The predicted octanol–water partition coefficient (Wildman–Crippen LogP) is 2.09. The number of fused-ring (bicyclic) bond motifs is 1. The average Bonchev–Trinajstić information content (AvgIpc) is 3.24. The van der Waals surface area contributed by atoms with Crippen molar-refractivity contribution in [2.45, 2.75) is 25.8 Å². The molecule has 0 aliphatic carbocycles. The van der Waals surface area contributed by atoms with E-state index >= 15 is 0 Å². The maximum Gasteiger partial charge on any atom is 0.343 e. The highest BCUT2D eigenvalue weighted by Gasteiger charge is 2.24. The smallest absolute Gasteiger partial charge is 0.343 e. The second kappa shape index (κ2) is 7.88. The number of aromatic nitrogens is 3. The Morgan fingerprint density at radius 2 is 2.17 bits per heavy atom. The minimum absolute atomic E-state index is 0.000661. The van der Waals surface area contributed by atoms with Gasteiger partial charge in [-0.05, 0) is 25.8 Å². The predicted molar refractivity (Wildman–Crippen MR) is 108 cm³/mol. The fourth-order valence-corrected chi connectivity index (χ4v) is 4.00. The zero-order valence-corrected chi connectivity index (χ0v) is 16.6. The van der Waals surface area contributed by atoms with Gasteiger partial charge in [0.1, 0.15) is 5.56 Å². The van der Waals surface area contributed by atoms with Crippen LogP contribution in [0.3, 0.4) is 0 Å². The lowest BCUT2D eigenvalue weighted by atomic mass is 10.1. The Balaban J connectivity index is 1.93. The summed E-state index contributed by atoms with van der Waals surface area (Å²) >= 11 is 1.31. The molecule has 1 fully saturated rings. The topological polar surface area (TPSA) is 103 Å². The number of halogens is 1. The largest absolute Gasteiger partial charge is 0.462 e. The van der Waals surface area contributed by atoms with E-state index in [4.69, 9.17) is 10.5 Å². The fraction of sp³-hybridized carbons (Fsp3) is 0.368. The van der Waals surface area contributed by atoms with Gasteiger partial charge in [-0.2, -0.15) is 0 Å². The number of hydrogen-bond acceptors (Lipinski definition) is 8. The molecule has 2 N–H and O–H groups in total. The standard InChI is InChI=1S/C19H20FN5O3S/c1-2-28-18(27)13-10-25(19-22-5-8-29-19)16-12(15(13)26)9-14(20)17(23-16)24-6-3-11(21)4-7-24/h5,8-11H,2-4,6-7,21H2,1H3. The molecular weight excluding hydrogens is 397 g/mol. The number of anilines is 1. The molecule has 4 heterocycles. The van der Waals surface area contributed by atoms with Gasteiger partial charge in [-0.3, -0.25) is 9.36 Å². The third kappa shape index (κ3) is 3.60. The molecule has 0 saturated carbocycles. The highest BCUT2D eigenvalue weighted by molar-refractivity contribution is 7.12. The normalized spacial score (nSPS) is 15.1. The summed E-state index contributed by atoms with van der Waals surface area (Å²) in [7, 11) is 0. The lowest BCUT2D eigenvalue weighted by Crippen LogP contribution is -2.40. The van der Waals surface area contributed by atoms with Gasteiger partial charge in [0.15, 0.2) is 22.4 Å². The molecule has 0 bridgehead atoms. The van der Waals surface area contributed by atoms with E-state index in [1.54, 1.807) is 18.5 Å². The van der Waals surface area contributed by atoms with Crippen LogP contribution in [0.1, 0.15) is 30.1 Å². The Hall–Kier alpha value is -2.85. The molecule has 10 heteroatoms. The molecule has 0 aromatic carbocycles. The van der Waals surface area contributed by atoms with Crippen LogP contribution in [0, 0.1) is 5.82 Å². The molecule has 0 amide bonds. The van der Waals surface area contributed by atoms with Crippen LogP contribution >= 0.6 is 11.3 Å². The van der Waals surface area contributed by atoms with Gasteiger partial charge in [0, 0.05) is 36.9 Å². The summed E-state index contributed by atoms with van der Waals surface area (Å²) in [4.78, 5) is 35.7. The van der Waals surface area contributed by atoms with Gasteiger partial charge in [0.25, 0.3) is 0 Å². The number of piperidine rings is 1. The Morgan fingerprint density at radius 3 is 2.83 bits per heavy atom. The van der Waals surface area contributed by atoms with Gasteiger partial charge >= 0.3 is 5.97 Å². The first kappa shape index (κ1) is 19.5. The second-order valence-corrected chi connectivity index (χ2v) is 7.64. The van der Waals surface area contributed by atoms with E-state index in [0.29, 0.717) is 18.2 Å². The van der Waals surface area contributed by atoms with Crippen molar-refractivity contribution in [3.8, 4) is 5.13 Å². The summed E-state index contributed by atoms with van der Waals surface area (Å²) in [6.45, 7) is 2.94. The lowest BCUT2D eigenvalue weighted by Gasteiger charge is -2.31. The number of esters is 1. The first-order chi connectivity index (χ1) is 14.0. The van der Waals surface area contributed by atoms with Crippen LogP contribution in [-0.4, -0.2) is 46.2 Å². The number of rotatable bonds is 4. The van der Waals surface area contributed by atoms with Crippen molar-refractivity contribution in [2.24, 2.45) is 5.73 Å². The molecule has 1 saturated heterocycles. The summed E-state index contributed by atoms with van der Waals surface area (Å²) in [5.74, 6) is -1.21. The molecule has 0 radical (unpaired) electrons. The molecule has 1 aliphatic rings. The minimum Gasteiger partial charge on any atom is -0.462 e. The van der Waals surface area contributed by atoms with E-state index in [2.05, 4.69) is 9.97 Å². The zero-order chi connectivity index (χ0) is 20.5. The Bertz CT molecular complexity index is 1110. The summed E-state index contributed by atoms with van der Waals surface area (Å²) in [6.07, 6.45) is 4.44. The van der Waals surface area contributed by atoms with Gasteiger partial charge in [-0.15, -0.1) is 11.3 Å². The van der Waals surface area contributed by atoms with Gasteiger partial charge < -0.3 is 15.4 Å². The van der Waals surface area contributed by atoms with Crippen LogP contribution in [0.4, 0.5) is 10.2 Å². The van der Waals surface area contributed by atoms with Crippen molar-refractivity contribution < 1.29 is 13.9 Å². The third-order valence-corrected chi connectivity index (χ3v) is 5.64. The molecule has 0 unspecified atom stereocenters. The van der Waals surface area contributed by atoms with E-state index in [1.165, 1.54) is 22.1 Å². The number of nitrogens with zero attached hydrogens (tertiary/aromatic N) is 4. The number of carbonyl (C=O) groups is 1. The van der Waals surface area contributed by atoms with Crippen molar-refractivity contribution >= 4 is 34.2 Å². The maximum atomic E-state index is 14.9. The van der Waals surface area contributed by atoms with Crippen LogP contribution in [0.25, 0.3) is 16.2 Å². The van der Waals surface area contributed by atoms with Gasteiger partial charge in [0.2, 0.25) is 5.43 Å². The molecule has 3 aromatic rings. The van der Waals surface area contributed by atoms with Crippen LogP contribution in [0.5, 0.6) is 0 Å². The molecule has 1 aliphatic heterocycles. The summed E-state index contributed by atoms with van der Waals surface area (Å²) in [5.41, 5.74) is 5.38. The monoisotopic (exact) mass is 417 g/mol. The summed E-state index contributed by atoms with van der Waals surface area (Å²) < 4.78 is 21.4. The number of nitrogens with two attached hydrogens (primary N) is 1. The van der Waals surface area contributed by atoms with Gasteiger partial charge in [0.05, 0.1) is 12.0 Å². The minimum atomic E-state index is -0.765. The Labute approximate surface area is 169 Å². The molecule has 29 heavy (non-hydrogen) atoms. The lowest BCUT2D eigenvalue weighted by molar-refractivity contribution is 0.0524. The van der Waals surface area contributed by atoms with Crippen molar-refractivity contribution in [2.75, 3.05) is 24.6 Å². The number of hydrogen-bond donors (Lipinski definition) is 1. The highest BCUT2D eigenvalue weighted by Crippen LogP contribution is 2.26. The third-order valence-electron chi connectivity index (χ3n) is 4.87. The second-order valence-electron chi connectivity index (χ2n) is 6.77. The molecule has 152 valence electrons. The SMILES string of the molecule is CCOC(=O)c1cn(-c2nccs2)c2nc(N3CCC(N)CC3)c(F)cc2c1=O. The van der Waals surface area contributed by atoms with E-state index in [9.17, 15) is 14.0 Å². The number of pyridine rings is 2. The molecule has 8 nitrogen and oxygen atoms in total. The first-order valence-electron chi connectivity index (χ1n) is 9.33. The van der Waals surface area contributed by atoms with E-state index in [1.807, 2.05) is 4.90 Å². The fourth-order valence-electron chi connectivity index (χ4n) is 3.38. The van der Waals surface area contributed by atoms with E-state index < -0.39 is 17.2 Å². The molecule has 3 aromatic heterocycles. The van der Waals surface area contributed by atoms with Crippen molar-refractivity contribution in [1.82, 2.24) is 14.5 Å². The summed E-state index contributed by atoms with van der Waals surface area (Å²) in [6, 6.07) is 1.23. The number of carbonyl (C=O) groups excluding carboxylic acids is 1. The number of thiazole rings is 1. The molecule has 4 rings (SSSR count). The van der Waals surface area contributed by atoms with E-state index in [-0.39, 0.29) is 35.1 Å². The van der Waals surface area contributed by atoms with Gasteiger partial charge in [-0.25, -0.2) is 19.2 Å². The zero-order valence-electron chi connectivity index (χ0n) is 15.8. The average molecular weight is 417 g/mol. The first-order valence-corrected chi connectivity index (χ1v) is 10.2. The van der Waals surface area contributed by atoms with Crippen molar-refractivity contribution in [1.29, 1.82) is 0 Å². The summed E-state index contributed by atoms with van der Waals surface area (Å²) in [5, 5.41) is 2.27.